The van der Waals surface area contributed by atoms with Crippen molar-refractivity contribution in [3.63, 3.8) is 0 Å². The van der Waals surface area contributed by atoms with Gasteiger partial charge >= 0.3 is 0 Å². The fraction of sp³-hybridized carbons (Fsp3) is 0.318. The van der Waals surface area contributed by atoms with E-state index in [1.165, 1.54) is 0 Å². The van der Waals surface area contributed by atoms with Crippen LogP contribution in [0.25, 0.3) is 11.0 Å². The lowest BCUT2D eigenvalue weighted by atomic mass is 10.0. The van der Waals surface area contributed by atoms with Crippen LogP contribution >= 0.6 is 0 Å². The molecule has 29 heavy (non-hydrogen) atoms. The lowest BCUT2D eigenvalue weighted by molar-refractivity contribution is 0.0720. The topological polar surface area (TPSA) is 75.9 Å². The van der Waals surface area contributed by atoms with E-state index in [9.17, 15) is 9.59 Å². The van der Waals surface area contributed by atoms with E-state index in [1.54, 1.807) is 36.4 Å². The molecule has 7 heteroatoms. The van der Waals surface area contributed by atoms with Crippen molar-refractivity contribution in [2.75, 3.05) is 34.3 Å². The van der Waals surface area contributed by atoms with Gasteiger partial charge in [-0.2, -0.15) is 0 Å². The van der Waals surface area contributed by atoms with Gasteiger partial charge in [0.2, 0.25) is 5.76 Å². The van der Waals surface area contributed by atoms with Crippen LogP contribution in [-0.4, -0.2) is 55.0 Å². The molecule has 0 fully saturated rings. The summed E-state index contributed by atoms with van der Waals surface area (Å²) in [6.07, 6.45) is 2.45. The normalized spacial score (nSPS) is 15.9. The highest BCUT2D eigenvalue weighted by atomic mass is 16.5. The van der Waals surface area contributed by atoms with Gasteiger partial charge in [0.25, 0.3) is 5.91 Å². The fourth-order valence-corrected chi connectivity index (χ4v) is 3.76. The van der Waals surface area contributed by atoms with Crippen molar-refractivity contribution >= 4 is 16.9 Å². The largest absolute Gasteiger partial charge is 0.497 e. The van der Waals surface area contributed by atoms with Crippen molar-refractivity contribution in [2.45, 2.75) is 12.5 Å². The Morgan fingerprint density at radius 3 is 2.72 bits per heavy atom. The Balaban J connectivity index is 1.87. The van der Waals surface area contributed by atoms with Crippen LogP contribution in [0.15, 0.2) is 51.8 Å². The number of benzene rings is 1. The first kappa shape index (κ1) is 19.1. The molecule has 2 aromatic heterocycles. The van der Waals surface area contributed by atoms with Crippen LogP contribution in [0, 0.1) is 0 Å². The van der Waals surface area contributed by atoms with E-state index in [0.29, 0.717) is 34.5 Å². The summed E-state index contributed by atoms with van der Waals surface area (Å²) in [6, 6.07) is 9.98. The molecule has 1 aromatic carbocycles. The number of fused-ring (bicyclic) bond motifs is 2. The van der Waals surface area contributed by atoms with E-state index in [2.05, 4.69) is 9.88 Å². The van der Waals surface area contributed by atoms with Crippen LogP contribution < -0.4 is 10.2 Å². The van der Waals surface area contributed by atoms with Crippen LogP contribution in [0.5, 0.6) is 5.75 Å². The highest BCUT2D eigenvalue weighted by Crippen LogP contribution is 2.37. The average Bonchev–Trinajstić information content (AvgIpc) is 3.00. The standard InChI is InChI=1S/C22H23N3O4/c1-24(2)11-6-12-25-19(16-7-4-5-10-23-16)18-20(26)15-9-8-14(28-3)13-17(15)29-21(18)22(25)27/h4-5,7-10,13,19H,6,11-12H2,1-3H3/t19-/m0/s1. The van der Waals surface area contributed by atoms with Gasteiger partial charge in [0, 0.05) is 18.8 Å². The molecule has 1 aliphatic rings. The number of amides is 1. The minimum atomic E-state index is -0.552. The second-order valence-corrected chi connectivity index (χ2v) is 7.35. The summed E-state index contributed by atoms with van der Waals surface area (Å²) in [7, 11) is 5.52. The van der Waals surface area contributed by atoms with E-state index < -0.39 is 6.04 Å². The molecule has 0 saturated heterocycles. The van der Waals surface area contributed by atoms with Gasteiger partial charge in [0.1, 0.15) is 17.4 Å². The summed E-state index contributed by atoms with van der Waals surface area (Å²) in [5.41, 5.74) is 1.15. The van der Waals surface area contributed by atoms with Gasteiger partial charge in [-0.05, 0) is 51.3 Å². The van der Waals surface area contributed by atoms with Crippen molar-refractivity contribution in [1.82, 2.24) is 14.8 Å². The zero-order chi connectivity index (χ0) is 20.5. The number of methoxy groups -OCH3 is 1. The van der Waals surface area contributed by atoms with Gasteiger partial charge in [0.15, 0.2) is 5.43 Å². The monoisotopic (exact) mass is 393 g/mol. The van der Waals surface area contributed by atoms with Crippen molar-refractivity contribution in [2.24, 2.45) is 0 Å². The van der Waals surface area contributed by atoms with Crippen LogP contribution in [0.4, 0.5) is 0 Å². The molecule has 0 saturated carbocycles. The molecule has 0 unspecified atom stereocenters. The summed E-state index contributed by atoms with van der Waals surface area (Å²) >= 11 is 0. The summed E-state index contributed by atoms with van der Waals surface area (Å²) in [6.45, 7) is 1.33. The Morgan fingerprint density at radius 1 is 1.21 bits per heavy atom. The molecular formula is C22H23N3O4. The molecule has 7 nitrogen and oxygen atoms in total. The van der Waals surface area contributed by atoms with E-state index in [1.807, 2.05) is 32.3 Å². The van der Waals surface area contributed by atoms with E-state index in [-0.39, 0.29) is 17.1 Å². The Labute approximate surface area is 168 Å². The molecule has 1 aliphatic heterocycles. The SMILES string of the molecule is COc1ccc2c(=O)c3c(oc2c1)C(=O)N(CCCN(C)C)[C@H]3c1ccccn1. The Bertz CT molecular complexity index is 1110. The molecule has 1 atom stereocenters. The van der Waals surface area contributed by atoms with Gasteiger partial charge in [-0.1, -0.05) is 6.07 Å². The van der Waals surface area contributed by atoms with Gasteiger partial charge in [-0.3, -0.25) is 14.6 Å². The Hall–Kier alpha value is -3.19. The predicted molar refractivity (Wildman–Crippen MR) is 109 cm³/mol. The molecule has 1 amide bonds. The third-order valence-corrected chi connectivity index (χ3v) is 5.15. The second-order valence-electron chi connectivity index (χ2n) is 7.35. The number of ether oxygens (including phenoxy) is 1. The van der Waals surface area contributed by atoms with Crippen LogP contribution in [0.1, 0.15) is 34.3 Å². The van der Waals surface area contributed by atoms with E-state index in [0.717, 1.165) is 13.0 Å². The first-order valence-electron chi connectivity index (χ1n) is 9.52. The highest BCUT2D eigenvalue weighted by Gasteiger charge is 2.43. The van der Waals surface area contributed by atoms with E-state index in [4.69, 9.17) is 9.15 Å². The van der Waals surface area contributed by atoms with Crippen LogP contribution in [-0.2, 0) is 0 Å². The molecule has 4 rings (SSSR count). The number of nitrogens with zero attached hydrogens (tertiary/aromatic N) is 3. The van der Waals surface area contributed by atoms with Gasteiger partial charge in [-0.15, -0.1) is 0 Å². The summed E-state index contributed by atoms with van der Waals surface area (Å²) in [5.74, 6) is 0.377. The third kappa shape index (κ3) is 3.38. The number of hydrogen-bond acceptors (Lipinski definition) is 6. The lowest BCUT2D eigenvalue weighted by Crippen LogP contribution is -2.32. The molecule has 0 N–H and O–H groups in total. The minimum absolute atomic E-state index is 0.0938. The van der Waals surface area contributed by atoms with Gasteiger partial charge in [-0.25, -0.2) is 0 Å². The van der Waals surface area contributed by atoms with Gasteiger partial charge < -0.3 is 19.0 Å². The molecule has 3 aromatic rings. The maximum absolute atomic E-state index is 13.4. The smallest absolute Gasteiger partial charge is 0.290 e. The van der Waals surface area contributed by atoms with Crippen molar-refractivity contribution < 1.29 is 13.9 Å². The number of hydrogen-bond donors (Lipinski definition) is 0. The van der Waals surface area contributed by atoms with Crippen LogP contribution in [0.2, 0.25) is 0 Å². The predicted octanol–water partition coefficient (Wildman–Crippen LogP) is 2.69. The number of aromatic nitrogens is 1. The van der Waals surface area contributed by atoms with E-state index >= 15 is 0 Å². The van der Waals surface area contributed by atoms with Crippen LogP contribution in [0.3, 0.4) is 0 Å². The maximum atomic E-state index is 13.4. The molecule has 3 heterocycles. The number of pyridine rings is 1. The summed E-state index contributed by atoms with van der Waals surface area (Å²) in [5, 5.41) is 0.424. The summed E-state index contributed by atoms with van der Waals surface area (Å²) < 4.78 is 11.2. The minimum Gasteiger partial charge on any atom is -0.497 e. The quantitative estimate of drug-likeness (QED) is 0.641. The molecule has 0 spiro atoms. The maximum Gasteiger partial charge on any atom is 0.290 e. The lowest BCUT2D eigenvalue weighted by Gasteiger charge is -2.24. The second kappa shape index (κ2) is 7.67. The van der Waals surface area contributed by atoms with Crippen molar-refractivity contribution in [3.05, 3.63) is 69.8 Å². The Morgan fingerprint density at radius 2 is 2.03 bits per heavy atom. The Kier molecular flexibility index (Phi) is 5.07. The first-order chi connectivity index (χ1) is 14.0. The van der Waals surface area contributed by atoms with Crippen molar-refractivity contribution in [3.8, 4) is 5.75 Å². The number of carbonyl (C=O) groups excluding carboxylic acids is 1. The highest BCUT2D eigenvalue weighted by molar-refractivity contribution is 5.99. The zero-order valence-electron chi connectivity index (χ0n) is 16.7. The summed E-state index contributed by atoms with van der Waals surface area (Å²) in [4.78, 5) is 34.8. The van der Waals surface area contributed by atoms with Gasteiger partial charge in [0.05, 0.1) is 23.8 Å². The molecular weight excluding hydrogens is 370 g/mol. The first-order valence-corrected chi connectivity index (χ1v) is 9.52. The third-order valence-electron chi connectivity index (χ3n) is 5.15. The molecule has 0 bridgehead atoms. The zero-order valence-corrected chi connectivity index (χ0v) is 16.7. The average molecular weight is 393 g/mol. The molecule has 150 valence electrons. The number of carbonyl (C=O) groups is 1. The molecule has 0 aliphatic carbocycles. The van der Waals surface area contributed by atoms with Crippen molar-refractivity contribution in [1.29, 1.82) is 0 Å². The fourth-order valence-electron chi connectivity index (χ4n) is 3.76. The number of rotatable bonds is 6. The molecule has 0 radical (unpaired) electrons.